The van der Waals surface area contributed by atoms with Gasteiger partial charge in [0, 0.05) is 16.6 Å². The fraction of sp³-hybridized carbons (Fsp3) is 0.429. The number of anilines is 1. The normalized spacial score (nSPS) is 12.7. The second-order valence-electron chi connectivity index (χ2n) is 5.25. The second-order valence-corrected chi connectivity index (χ2v) is 8.94. The summed E-state index contributed by atoms with van der Waals surface area (Å²) in [5.74, 6) is -0.0353. The molecule has 0 aliphatic heterocycles. The number of alkyl halides is 3. The highest BCUT2D eigenvalue weighted by Crippen LogP contribution is 2.29. The van der Waals surface area contributed by atoms with Crippen LogP contribution in [0, 0.1) is 5.92 Å². The van der Waals surface area contributed by atoms with Gasteiger partial charge in [-0.15, -0.1) is 0 Å². The number of halogens is 4. The molecule has 1 amide bonds. The molecule has 0 fully saturated rings. The Morgan fingerprint density at radius 1 is 1.30 bits per heavy atom. The molecule has 0 aliphatic rings. The molecule has 0 aliphatic carbocycles. The van der Waals surface area contributed by atoms with Crippen LogP contribution in [-0.2, 0) is 4.79 Å². The number of rotatable bonds is 5. The summed E-state index contributed by atoms with van der Waals surface area (Å²) in [4.78, 5) is 11.9. The van der Waals surface area contributed by atoms with Crippen LogP contribution in [0.4, 0.5) is 5.69 Å². The van der Waals surface area contributed by atoms with Crippen LogP contribution in [0.3, 0.4) is 0 Å². The number of benzene rings is 1. The van der Waals surface area contributed by atoms with Gasteiger partial charge in [0.05, 0.1) is 0 Å². The molecule has 23 heavy (non-hydrogen) atoms. The predicted molar refractivity (Wildman–Crippen MR) is 105 cm³/mol. The van der Waals surface area contributed by atoms with Crippen molar-refractivity contribution in [2.75, 3.05) is 5.32 Å². The lowest BCUT2D eigenvalue weighted by Gasteiger charge is -2.28. The number of thiocarbonyl (C=S) groups is 1. The molecule has 3 N–H and O–H groups in total. The molecule has 0 heterocycles. The molecule has 0 saturated heterocycles. The van der Waals surface area contributed by atoms with Crippen molar-refractivity contribution in [3.05, 3.63) is 28.7 Å². The van der Waals surface area contributed by atoms with Crippen molar-refractivity contribution < 1.29 is 4.79 Å². The number of amides is 1. The topological polar surface area (TPSA) is 53.2 Å². The number of nitrogens with one attached hydrogen (secondary N) is 3. The molecule has 0 bridgehead atoms. The summed E-state index contributed by atoms with van der Waals surface area (Å²) in [6, 6.07) is 7.42. The minimum Gasteiger partial charge on any atom is -0.339 e. The maximum atomic E-state index is 11.9. The fourth-order valence-corrected chi connectivity index (χ4v) is 2.62. The standard InChI is InChI=1S/C14H17BrCl3N3OS/c1-8(2)6-11(22)20-12(14(16,17)18)21-13(23)19-10-5-3-4-9(15)7-10/h3-5,7-8,12H,6H2,1-2H3,(H,20,22)(H2,19,21,23)/t12-/m1/s1. The summed E-state index contributed by atoms with van der Waals surface area (Å²) >= 11 is 26.3. The molecule has 9 heteroatoms. The highest BCUT2D eigenvalue weighted by molar-refractivity contribution is 9.10. The monoisotopic (exact) mass is 459 g/mol. The maximum absolute atomic E-state index is 11.9. The average molecular weight is 462 g/mol. The van der Waals surface area contributed by atoms with Gasteiger partial charge in [-0.25, -0.2) is 0 Å². The summed E-state index contributed by atoms with van der Waals surface area (Å²) in [6.07, 6.45) is -0.629. The van der Waals surface area contributed by atoms with Crippen LogP contribution >= 0.6 is 63.0 Å². The van der Waals surface area contributed by atoms with Crippen LogP contribution in [0.15, 0.2) is 28.7 Å². The molecular weight excluding hydrogens is 445 g/mol. The molecule has 1 aromatic rings. The molecule has 4 nitrogen and oxygen atoms in total. The van der Waals surface area contributed by atoms with Crippen molar-refractivity contribution in [2.24, 2.45) is 5.92 Å². The molecular formula is C14H17BrCl3N3OS. The molecule has 1 aromatic carbocycles. The Hall–Kier alpha value is -0.270. The van der Waals surface area contributed by atoms with Crippen LogP contribution in [0.2, 0.25) is 0 Å². The summed E-state index contributed by atoms with van der Waals surface area (Å²) in [5, 5.41) is 8.63. The zero-order valence-electron chi connectivity index (χ0n) is 12.5. The van der Waals surface area contributed by atoms with Gasteiger partial charge in [0.1, 0.15) is 6.17 Å². The summed E-state index contributed by atoms with van der Waals surface area (Å²) in [7, 11) is 0. The van der Waals surface area contributed by atoms with Gasteiger partial charge < -0.3 is 16.0 Å². The molecule has 1 atom stereocenters. The quantitative estimate of drug-likeness (QED) is 0.341. The molecule has 0 saturated carbocycles. The van der Waals surface area contributed by atoms with Crippen molar-refractivity contribution in [1.82, 2.24) is 10.6 Å². The minimum atomic E-state index is -1.75. The molecule has 0 aromatic heterocycles. The van der Waals surface area contributed by atoms with Crippen molar-refractivity contribution in [1.29, 1.82) is 0 Å². The first kappa shape index (κ1) is 20.8. The highest BCUT2D eigenvalue weighted by Gasteiger charge is 2.34. The smallest absolute Gasteiger partial charge is 0.228 e. The van der Waals surface area contributed by atoms with Crippen molar-refractivity contribution in [3.63, 3.8) is 0 Å². The van der Waals surface area contributed by atoms with Crippen molar-refractivity contribution in [2.45, 2.75) is 30.2 Å². The first-order valence-corrected chi connectivity index (χ1v) is 9.10. The maximum Gasteiger partial charge on any atom is 0.228 e. The SMILES string of the molecule is CC(C)CC(=O)N[C@H](NC(=S)Nc1cccc(Br)c1)C(Cl)(Cl)Cl. The first-order valence-electron chi connectivity index (χ1n) is 6.77. The zero-order valence-corrected chi connectivity index (χ0v) is 17.2. The Kier molecular flexibility index (Phi) is 8.38. The van der Waals surface area contributed by atoms with E-state index in [2.05, 4.69) is 31.9 Å². The fourth-order valence-electron chi connectivity index (χ4n) is 1.65. The molecule has 128 valence electrons. The van der Waals surface area contributed by atoms with E-state index < -0.39 is 9.96 Å². The second kappa shape index (κ2) is 9.28. The van der Waals surface area contributed by atoms with Crippen molar-refractivity contribution >= 4 is 79.7 Å². The molecule has 0 radical (unpaired) electrons. The Balaban J connectivity index is 2.69. The van der Waals surface area contributed by atoms with Gasteiger partial charge >= 0.3 is 0 Å². The van der Waals surface area contributed by atoms with Gasteiger partial charge in [0.25, 0.3) is 0 Å². The van der Waals surface area contributed by atoms with E-state index >= 15 is 0 Å². The number of hydrogen-bond donors (Lipinski definition) is 3. The third kappa shape index (κ3) is 8.40. The van der Waals surface area contributed by atoms with E-state index in [4.69, 9.17) is 47.0 Å². The van der Waals surface area contributed by atoms with Crippen LogP contribution in [0.25, 0.3) is 0 Å². The molecule has 1 rings (SSSR count). The summed E-state index contributed by atoms with van der Waals surface area (Å²) in [6.45, 7) is 3.85. The Labute approximate surface area is 164 Å². The van der Waals surface area contributed by atoms with Gasteiger partial charge in [-0.05, 0) is 36.3 Å². The molecule has 0 unspecified atom stereocenters. The lowest BCUT2D eigenvalue weighted by molar-refractivity contribution is -0.122. The zero-order chi connectivity index (χ0) is 17.6. The first-order chi connectivity index (χ1) is 10.6. The Bertz CT molecular complexity index is 566. The van der Waals surface area contributed by atoms with E-state index in [0.29, 0.717) is 6.42 Å². The number of hydrogen-bond acceptors (Lipinski definition) is 2. The van der Waals surface area contributed by atoms with E-state index in [-0.39, 0.29) is 16.9 Å². The van der Waals surface area contributed by atoms with E-state index in [1.54, 1.807) is 0 Å². The van der Waals surface area contributed by atoms with Crippen molar-refractivity contribution in [3.8, 4) is 0 Å². The Morgan fingerprint density at radius 2 is 1.96 bits per heavy atom. The van der Waals surface area contributed by atoms with Gasteiger partial charge in [0.15, 0.2) is 5.11 Å². The number of carbonyl (C=O) groups is 1. The lowest BCUT2D eigenvalue weighted by Crippen LogP contribution is -2.56. The van der Waals surface area contributed by atoms with E-state index in [9.17, 15) is 4.79 Å². The average Bonchev–Trinajstić information content (AvgIpc) is 2.35. The minimum absolute atomic E-state index is 0.192. The van der Waals surface area contributed by atoms with Crippen LogP contribution in [0.1, 0.15) is 20.3 Å². The van der Waals surface area contributed by atoms with Gasteiger partial charge in [-0.2, -0.15) is 0 Å². The van der Waals surface area contributed by atoms with Crippen LogP contribution in [0.5, 0.6) is 0 Å². The lowest BCUT2D eigenvalue weighted by atomic mass is 10.1. The van der Waals surface area contributed by atoms with Gasteiger partial charge in [0.2, 0.25) is 9.70 Å². The largest absolute Gasteiger partial charge is 0.339 e. The van der Waals surface area contributed by atoms with Gasteiger partial charge in [-0.1, -0.05) is 70.6 Å². The van der Waals surface area contributed by atoms with Crippen LogP contribution in [-0.4, -0.2) is 21.0 Å². The number of carbonyl (C=O) groups excluding carboxylic acids is 1. The third-order valence-corrected chi connectivity index (χ3v) is 3.95. The predicted octanol–water partition coefficient (Wildman–Crippen LogP) is 4.59. The van der Waals surface area contributed by atoms with E-state index in [0.717, 1.165) is 10.2 Å². The molecule has 0 spiro atoms. The highest BCUT2D eigenvalue weighted by atomic mass is 79.9. The third-order valence-electron chi connectivity index (χ3n) is 2.58. The van der Waals surface area contributed by atoms with Crippen LogP contribution < -0.4 is 16.0 Å². The summed E-state index contributed by atoms with van der Waals surface area (Å²) in [5.41, 5.74) is 0.758. The van der Waals surface area contributed by atoms with E-state index in [1.165, 1.54) is 0 Å². The van der Waals surface area contributed by atoms with E-state index in [1.807, 2.05) is 38.1 Å². The van der Waals surface area contributed by atoms with Gasteiger partial charge in [-0.3, -0.25) is 4.79 Å². The summed E-state index contributed by atoms with van der Waals surface area (Å²) < 4.78 is -0.858. The Morgan fingerprint density at radius 3 is 2.48 bits per heavy atom.